The van der Waals surface area contributed by atoms with E-state index in [0.29, 0.717) is 5.82 Å². The molecule has 6 nitrogen and oxygen atoms in total. The molecule has 3 aromatic rings. The predicted octanol–water partition coefficient (Wildman–Crippen LogP) is 2.43. The number of fused-ring (bicyclic) bond motifs is 1. The van der Waals surface area contributed by atoms with Crippen molar-refractivity contribution < 1.29 is 9.21 Å². The molecule has 3 rings (SSSR count). The number of furan rings is 1. The van der Waals surface area contributed by atoms with Crippen LogP contribution in [0.3, 0.4) is 0 Å². The number of nitrogens with zero attached hydrogens (tertiary/aromatic N) is 3. The van der Waals surface area contributed by atoms with Crippen molar-refractivity contribution in [2.75, 3.05) is 5.32 Å². The number of hydrogen-bond acceptors (Lipinski definition) is 4. The highest BCUT2D eigenvalue weighted by Gasteiger charge is 2.17. The van der Waals surface area contributed by atoms with E-state index in [2.05, 4.69) is 15.4 Å². The lowest BCUT2D eigenvalue weighted by atomic mass is 10.2. The molecular weight excluding hydrogens is 256 g/mol. The molecule has 6 heteroatoms. The lowest BCUT2D eigenvalue weighted by Gasteiger charge is -2.02. The maximum absolute atomic E-state index is 12.0. The van der Waals surface area contributed by atoms with E-state index in [9.17, 15) is 4.79 Å². The molecule has 1 N–H and O–H groups in total. The van der Waals surface area contributed by atoms with Gasteiger partial charge in [-0.05, 0) is 37.6 Å². The molecule has 0 radical (unpaired) electrons. The fourth-order valence-corrected chi connectivity index (χ4v) is 2.26. The van der Waals surface area contributed by atoms with Crippen molar-refractivity contribution in [2.45, 2.75) is 13.8 Å². The van der Waals surface area contributed by atoms with Crippen LogP contribution in [0.5, 0.6) is 0 Å². The van der Waals surface area contributed by atoms with Crippen molar-refractivity contribution in [1.82, 2.24) is 14.8 Å². The molecule has 1 amide bonds. The summed E-state index contributed by atoms with van der Waals surface area (Å²) in [6, 6.07) is 5.24. The second-order valence-corrected chi connectivity index (χ2v) is 4.68. The van der Waals surface area contributed by atoms with Gasteiger partial charge in [0.05, 0.1) is 11.6 Å². The maximum Gasteiger partial charge on any atom is 0.292 e. The van der Waals surface area contributed by atoms with Gasteiger partial charge in [0.15, 0.2) is 17.2 Å². The van der Waals surface area contributed by atoms with Crippen molar-refractivity contribution in [3.05, 3.63) is 41.5 Å². The van der Waals surface area contributed by atoms with Gasteiger partial charge < -0.3 is 9.73 Å². The van der Waals surface area contributed by atoms with E-state index in [0.717, 1.165) is 22.3 Å². The van der Waals surface area contributed by atoms with Gasteiger partial charge in [0.25, 0.3) is 5.91 Å². The van der Waals surface area contributed by atoms with Crippen LogP contribution in [-0.4, -0.2) is 20.7 Å². The Bertz CT molecular complexity index is 787. The first-order chi connectivity index (χ1) is 9.56. The maximum atomic E-state index is 12.0. The molecule has 102 valence electrons. The Kier molecular flexibility index (Phi) is 2.78. The van der Waals surface area contributed by atoms with Crippen LogP contribution in [0.4, 0.5) is 5.82 Å². The highest BCUT2D eigenvalue weighted by atomic mass is 16.3. The van der Waals surface area contributed by atoms with Crippen LogP contribution in [0.1, 0.15) is 21.8 Å². The fourth-order valence-electron chi connectivity index (χ4n) is 2.26. The van der Waals surface area contributed by atoms with E-state index in [-0.39, 0.29) is 11.7 Å². The monoisotopic (exact) mass is 270 g/mol. The molecule has 0 aliphatic heterocycles. The minimum Gasteiger partial charge on any atom is -0.459 e. The molecule has 0 atom stereocenters. The largest absolute Gasteiger partial charge is 0.459 e. The van der Waals surface area contributed by atoms with Gasteiger partial charge in [-0.3, -0.25) is 4.79 Å². The van der Waals surface area contributed by atoms with Crippen molar-refractivity contribution >= 4 is 22.8 Å². The van der Waals surface area contributed by atoms with Crippen molar-refractivity contribution in [1.29, 1.82) is 0 Å². The Balaban J connectivity index is 2.06. The standard InChI is InChI=1S/C14H14N4O2/c1-8-7-9(2)15-13-11(8)12(17-18(13)3)16-14(19)10-5-4-6-20-10/h4-7H,1-3H3,(H,16,17,19). The van der Waals surface area contributed by atoms with Gasteiger partial charge in [-0.25, -0.2) is 9.67 Å². The smallest absolute Gasteiger partial charge is 0.292 e. The zero-order chi connectivity index (χ0) is 14.3. The van der Waals surface area contributed by atoms with Crippen molar-refractivity contribution in [3.63, 3.8) is 0 Å². The molecule has 0 aliphatic rings. The summed E-state index contributed by atoms with van der Waals surface area (Å²) in [4.78, 5) is 16.5. The molecular formula is C14H14N4O2. The van der Waals surface area contributed by atoms with E-state index < -0.39 is 0 Å². The number of hydrogen-bond donors (Lipinski definition) is 1. The van der Waals surface area contributed by atoms with E-state index >= 15 is 0 Å². The Morgan fingerprint density at radius 1 is 1.40 bits per heavy atom. The summed E-state index contributed by atoms with van der Waals surface area (Å²) in [7, 11) is 1.80. The third kappa shape index (κ3) is 1.95. The first-order valence-corrected chi connectivity index (χ1v) is 6.22. The molecule has 0 aromatic carbocycles. The number of nitrogens with one attached hydrogen (secondary N) is 1. The van der Waals surface area contributed by atoms with Crippen LogP contribution in [0.2, 0.25) is 0 Å². The molecule has 0 unspecified atom stereocenters. The predicted molar refractivity (Wildman–Crippen MR) is 74.6 cm³/mol. The minimum atomic E-state index is -0.324. The zero-order valence-corrected chi connectivity index (χ0v) is 11.5. The van der Waals surface area contributed by atoms with Crippen LogP contribution in [0, 0.1) is 13.8 Å². The first kappa shape index (κ1) is 12.4. The molecule has 20 heavy (non-hydrogen) atoms. The first-order valence-electron chi connectivity index (χ1n) is 6.22. The number of carbonyl (C=O) groups is 1. The Hall–Kier alpha value is -2.63. The molecule has 0 fully saturated rings. The number of rotatable bonds is 2. The van der Waals surface area contributed by atoms with E-state index in [1.807, 2.05) is 19.9 Å². The SMILES string of the molecule is Cc1cc(C)c2c(NC(=O)c3ccco3)nn(C)c2n1. The summed E-state index contributed by atoms with van der Waals surface area (Å²) in [5.41, 5.74) is 2.69. The summed E-state index contributed by atoms with van der Waals surface area (Å²) in [5, 5.41) is 7.93. The molecule has 0 bridgehead atoms. The summed E-state index contributed by atoms with van der Waals surface area (Å²) in [5.74, 6) is 0.422. The molecule has 0 spiro atoms. The van der Waals surface area contributed by atoms with E-state index in [1.54, 1.807) is 23.9 Å². The van der Waals surface area contributed by atoms with Gasteiger partial charge >= 0.3 is 0 Å². The molecule has 3 heterocycles. The summed E-state index contributed by atoms with van der Waals surface area (Å²) in [6.07, 6.45) is 1.46. The summed E-state index contributed by atoms with van der Waals surface area (Å²) < 4.78 is 6.73. The zero-order valence-electron chi connectivity index (χ0n) is 11.5. The van der Waals surface area contributed by atoms with Crippen LogP contribution in [0.15, 0.2) is 28.9 Å². The Morgan fingerprint density at radius 3 is 2.90 bits per heavy atom. The second kappa shape index (κ2) is 4.48. The van der Waals surface area contributed by atoms with Gasteiger partial charge in [-0.2, -0.15) is 5.10 Å². The quantitative estimate of drug-likeness (QED) is 0.776. The third-order valence-corrected chi connectivity index (χ3v) is 3.10. The van der Waals surface area contributed by atoms with Gasteiger partial charge in [0.1, 0.15) is 0 Å². The van der Waals surface area contributed by atoms with E-state index in [1.165, 1.54) is 6.26 Å². The Morgan fingerprint density at radius 2 is 2.20 bits per heavy atom. The average Bonchev–Trinajstić information content (AvgIpc) is 2.99. The summed E-state index contributed by atoms with van der Waals surface area (Å²) in [6.45, 7) is 3.90. The minimum absolute atomic E-state index is 0.251. The Labute approximate surface area is 115 Å². The normalized spacial score (nSPS) is 10.9. The van der Waals surface area contributed by atoms with Gasteiger partial charge in [0, 0.05) is 12.7 Å². The molecule has 0 aliphatic carbocycles. The number of anilines is 1. The number of aryl methyl sites for hydroxylation is 3. The average molecular weight is 270 g/mol. The molecule has 0 saturated carbocycles. The van der Waals surface area contributed by atoms with Gasteiger partial charge in [-0.15, -0.1) is 0 Å². The highest BCUT2D eigenvalue weighted by molar-refractivity contribution is 6.06. The van der Waals surface area contributed by atoms with Gasteiger partial charge in [-0.1, -0.05) is 0 Å². The van der Waals surface area contributed by atoms with Crippen LogP contribution in [0.25, 0.3) is 11.0 Å². The molecule has 3 aromatic heterocycles. The fraction of sp³-hybridized carbons (Fsp3) is 0.214. The number of carbonyl (C=O) groups excluding carboxylic acids is 1. The lowest BCUT2D eigenvalue weighted by Crippen LogP contribution is -2.11. The number of aromatic nitrogens is 3. The summed E-state index contributed by atoms with van der Waals surface area (Å²) >= 11 is 0. The number of pyridine rings is 1. The third-order valence-electron chi connectivity index (χ3n) is 3.10. The number of amides is 1. The van der Waals surface area contributed by atoms with Crippen LogP contribution in [-0.2, 0) is 7.05 Å². The highest BCUT2D eigenvalue weighted by Crippen LogP contribution is 2.25. The second-order valence-electron chi connectivity index (χ2n) is 4.68. The van der Waals surface area contributed by atoms with Crippen LogP contribution < -0.4 is 5.32 Å². The van der Waals surface area contributed by atoms with Crippen LogP contribution >= 0.6 is 0 Å². The van der Waals surface area contributed by atoms with E-state index in [4.69, 9.17) is 4.42 Å². The van der Waals surface area contributed by atoms with Crippen molar-refractivity contribution in [3.8, 4) is 0 Å². The topological polar surface area (TPSA) is 73.0 Å². The van der Waals surface area contributed by atoms with Crippen molar-refractivity contribution in [2.24, 2.45) is 7.05 Å². The van der Waals surface area contributed by atoms with Gasteiger partial charge in [0.2, 0.25) is 0 Å². The molecule has 0 saturated heterocycles. The lowest BCUT2D eigenvalue weighted by molar-refractivity contribution is 0.0996.